The Morgan fingerprint density at radius 3 is 2.47 bits per heavy atom. The van der Waals surface area contributed by atoms with Gasteiger partial charge in [0.05, 0.1) is 16.0 Å². The Hall–Kier alpha value is -3.18. The van der Waals surface area contributed by atoms with E-state index in [9.17, 15) is 23.6 Å². The summed E-state index contributed by atoms with van der Waals surface area (Å²) in [6, 6.07) is 8.89. The zero-order chi connectivity index (χ0) is 23.3. The second kappa shape index (κ2) is 9.96. The third-order valence-electron chi connectivity index (χ3n) is 5.40. The molecule has 32 heavy (non-hydrogen) atoms. The number of nitrogens with one attached hydrogen (secondary N) is 1. The van der Waals surface area contributed by atoms with Crippen molar-refractivity contribution in [1.29, 1.82) is 0 Å². The van der Waals surface area contributed by atoms with Crippen molar-refractivity contribution in [3.8, 4) is 5.75 Å². The van der Waals surface area contributed by atoms with Gasteiger partial charge in [-0.3, -0.25) is 15.5 Å². The van der Waals surface area contributed by atoms with Gasteiger partial charge in [-0.2, -0.15) is 9.41 Å². The van der Waals surface area contributed by atoms with Gasteiger partial charge in [0, 0.05) is 49.6 Å². The highest BCUT2D eigenvalue weighted by molar-refractivity contribution is 7.89. The molecule has 3 rings (SSSR count). The highest BCUT2D eigenvalue weighted by Crippen LogP contribution is 2.30. The quantitative estimate of drug-likeness (QED) is 0.333. The van der Waals surface area contributed by atoms with E-state index in [4.69, 9.17) is 0 Å². The maximum Gasteiger partial charge on any atom is 0.295 e. The molecule has 2 aromatic carbocycles. The number of nitro benzene ring substituents is 1. The van der Waals surface area contributed by atoms with E-state index in [1.54, 1.807) is 12.1 Å². The minimum atomic E-state index is -3.77. The number of nitro groups is 1. The van der Waals surface area contributed by atoms with E-state index in [0.29, 0.717) is 18.7 Å². The van der Waals surface area contributed by atoms with Gasteiger partial charge in [-0.25, -0.2) is 8.42 Å². The van der Waals surface area contributed by atoms with Crippen molar-refractivity contribution in [2.75, 3.05) is 36.5 Å². The molecular weight excluding hydrogens is 434 g/mol. The fourth-order valence-corrected chi connectivity index (χ4v) is 5.13. The fourth-order valence-electron chi connectivity index (χ4n) is 3.59. The fraction of sp³-hybridized carbons (Fsp3) is 0.381. The van der Waals surface area contributed by atoms with E-state index in [1.165, 1.54) is 22.7 Å². The summed E-state index contributed by atoms with van der Waals surface area (Å²) in [5.74, 6) is 0.0292. The Balaban J connectivity index is 1.80. The van der Waals surface area contributed by atoms with Crippen LogP contribution in [-0.4, -0.2) is 55.1 Å². The van der Waals surface area contributed by atoms with Gasteiger partial charge in [0.2, 0.25) is 10.0 Å². The van der Waals surface area contributed by atoms with Crippen LogP contribution in [0.1, 0.15) is 32.3 Å². The van der Waals surface area contributed by atoms with Gasteiger partial charge in [-0.15, -0.1) is 0 Å². The van der Waals surface area contributed by atoms with Crippen LogP contribution in [0.5, 0.6) is 5.75 Å². The van der Waals surface area contributed by atoms with Crippen LogP contribution in [0.25, 0.3) is 0 Å². The highest BCUT2D eigenvalue weighted by atomic mass is 32.2. The van der Waals surface area contributed by atoms with Gasteiger partial charge in [0.15, 0.2) is 0 Å². The number of benzene rings is 2. The first kappa shape index (κ1) is 23.5. The van der Waals surface area contributed by atoms with Crippen LogP contribution < -0.4 is 10.3 Å². The molecule has 0 radical (unpaired) electrons. The Bertz CT molecular complexity index is 1110. The number of phenolic OH excluding ortho intramolecular Hbond substituents is 1. The molecule has 1 aliphatic heterocycles. The molecule has 1 saturated heterocycles. The van der Waals surface area contributed by atoms with Gasteiger partial charge >= 0.3 is 0 Å². The maximum atomic E-state index is 12.7. The molecule has 10 nitrogen and oxygen atoms in total. The Morgan fingerprint density at radius 2 is 1.88 bits per heavy atom. The van der Waals surface area contributed by atoms with Crippen LogP contribution in [0.2, 0.25) is 0 Å². The minimum Gasteiger partial charge on any atom is -0.507 e. The van der Waals surface area contributed by atoms with Crippen LogP contribution in [0.3, 0.4) is 0 Å². The average Bonchev–Trinajstić information content (AvgIpc) is 3.32. The van der Waals surface area contributed by atoms with Crippen LogP contribution in [0, 0.1) is 10.1 Å². The number of aromatic hydroxyl groups is 1. The summed E-state index contributed by atoms with van der Waals surface area (Å²) < 4.78 is 26.7. The normalized spacial score (nSPS) is 14.7. The maximum absolute atomic E-state index is 12.7. The molecular formula is C21H27N5O5S. The monoisotopic (exact) mass is 461 g/mol. The lowest BCUT2D eigenvalue weighted by atomic mass is 10.2. The number of rotatable bonds is 9. The molecule has 0 unspecified atom stereocenters. The summed E-state index contributed by atoms with van der Waals surface area (Å²) in [5.41, 5.74) is 3.54. The van der Waals surface area contributed by atoms with E-state index >= 15 is 0 Å². The van der Waals surface area contributed by atoms with Crippen molar-refractivity contribution in [2.45, 2.75) is 31.6 Å². The van der Waals surface area contributed by atoms with Crippen LogP contribution in [0.15, 0.2) is 46.4 Å². The minimum absolute atomic E-state index is 0.0292. The number of hydrogen-bond acceptors (Lipinski definition) is 8. The SMILES string of the molecule is CCN(CC)c1ccc(C=NNc2ccc(S(=O)(=O)N3CCCC3)cc2[N+](=O)[O-])c(O)c1. The van der Waals surface area contributed by atoms with Crippen molar-refractivity contribution in [2.24, 2.45) is 5.10 Å². The first-order valence-electron chi connectivity index (χ1n) is 10.4. The standard InChI is InChI=1S/C21H27N5O5S/c1-3-24(4-2)17-8-7-16(21(27)13-17)15-22-23-19-10-9-18(14-20(19)26(28)29)32(30,31)25-11-5-6-12-25/h7-10,13-15,23,27H,3-6,11-12H2,1-2H3. The third kappa shape index (κ3) is 5.00. The van der Waals surface area contributed by atoms with Gasteiger partial charge in [-0.05, 0) is 51.0 Å². The summed E-state index contributed by atoms with van der Waals surface area (Å²) in [6.07, 6.45) is 2.90. The molecule has 2 aromatic rings. The van der Waals surface area contributed by atoms with E-state index < -0.39 is 20.6 Å². The topological polar surface area (TPSA) is 128 Å². The van der Waals surface area contributed by atoms with E-state index in [-0.39, 0.29) is 16.3 Å². The highest BCUT2D eigenvalue weighted by Gasteiger charge is 2.29. The Labute approximate surface area is 187 Å². The van der Waals surface area contributed by atoms with E-state index in [0.717, 1.165) is 37.7 Å². The number of hydrazone groups is 1. The number of anilines is 2. The largest absolute Gasteiger partial charge is 0.507 e. The van der Waals surface area contributed by atoms with Gasteiger partial charge < -0.3 is 10.0 Å². The predicted octanol–water partition coefficient (Wildman–Crippen LogP) is 3.38. The number of phenols is 1. The molecule has 172 valence electrons. The average molecular weight is 462 g/mol. The van der Waals surface area contributed by atoms with Gasteiger partial charge in [0.1, 0.15) is 11.4 Å². The van der Waals surface area contributed by atoms with Crippen molar-refractivity contribution in [3.63, 3.8) is 0 Å². The van der Waals surface area contributed by atoms with Crippen molar-refractivity contribution in [3.05, 3.63) is 52.1 Å². The Morgan fingerprint density at radius 1 is 1.19 bits per heavy atom. The molecule has 0 aromatic heterocycles. The molecule has 0 saturated carbocycles. The summed E-state index contributed by atoms with van der Waals surface area (Å²) >= 11 is 0. The molecule has 1 aliphatic rings. The molecule has 0 bridgehead atoms. The summed E-state index contributed by atoms with van der Waals surface area (Å²) in [7, 11) is -3.77. The summed E-state index contributed by atoms with van der Waals surface area (Å²) in [4.78, 5) is 12.8. The summed E-state index contributed by atoms with van der Waals surface area (Å²) in [5, 5.41) is 25.8. The zero-order valence-corrected chi connectivity index (χ0v) is 18.9. The van der Waals surface area contributed by atoms with Crippen molar-refractivity contribution in [1.82, 2.24) is 4.31 Å². The smallest absolute Gasteiger partial charge is 0.295 e. The second-order valence-electron chi connectivity index (χ2n) is 7.33. The Kier molecular flexibility index (Phi) is 7.31. The number of nitrogens with zero attached hydrogens (tertiary/aromatic N) is 4. The zero-order valence-electron chi connectivity index (χ0n) is 18.1. The first-order chi connectivity index (χ1) is 15.3. The first-order valence-corrected chi connectivity index (χ1v) is 11.9. The lowest BCUT2D eigenvalue weighted by Crippen LogP contribution is -2.27. The van der Waals surface area contributed by atoms with Crippen LogP contribution in [-0.2, 0) is 10.0 Å². The molecule has 2 N–H and O–H groups in total. The van der Waals surface area contributed by atoms with Crippen LogP contribution in [0.4, 0.5) is 17.1 Å². The third-order valence-corrected chi connectivity index (χ3v) is 7.29. The van der Waals surface area contributed by atoms with Crippen molar-refractivity contribution < 1.29 is 18.4 Å². The molecule has 0 spiro atoms. The lowest BCUT2D eigenvalue weighted by Gasteiger charge is -2.21. The number of hydrogen-bond donors (Lipinski definition) is 2. The van der Waals surface area contributed by atoms with E-state index in [1.807, 2.05) is 19.9 Å². The van der Waals surface area contributed by atoms with Gasteiger partial charge in [-0.1, -0.05) is 0 Å². The lowest BCUT2D eigenvalue weighted by molar-refractivity contribution is -0.384. The summed E-state index contributed by atoms with van der Waals surface area (Å²) in [6.45, 7) is 6.48. The predicted molar refractivity (Wildman–Crippen MR) is 124 cm³/mol. The second-order valence-corrected chi connectivity index (χ2v) is 9.27. The molecule has 0 atom stereocenters. The van der Waals surface area contributed by atoms with Gasteiger partial charge in [0.25, 0.3) is 5.69 Å². The molecule has 1 fully saturated rings. The molecule has 11 heteroatoms. The van der Waals surface area contributed by atoms with Crippen LogP contribution >= 0.6 is 0 Å². The molecule has 1 heterocycles. The van der Waals surface area contributed by atoms with Crippen molar-refractivity contribution >= 4 is 33.3 Å². The molecule has 0 amide bonds. The molecule has 0 aliphatic carbocycles. The number of sulfonamides is 1. The van der Waals surface area contributed by atoms with E-state index in [2.05, 4.69) is 15.4 Å².